The topological polar surface area (TPSA) is 62.8 Å². The van der Waals surface area contributed by atoms with Crippen LogP contribution in [0.5, 0.6) is 0 Å². The van der Waals surface area contributed by atoms with Gasteiger partial charge < -0.3 is 24.6 Å². The maximum absolute atomic E-state index is 5.85. The van der Waals surface area contributed by atoms with Crippen LogP contribution in [0, 0.1) is 0 Å². The van der Waals surface area contributed by atoms with Crippen LogP contribution in [0.1, 0.15) is 0 Å². The smallest absolute Gasteiger partial charge is 0.138 e. The van der Waals surface area contributed by atoms with E-state index >= 15 is 0 Å². The predicted octanol–water partition coefficient (Wildman–Crippen LogP) is 1.44. The fourth-order valence-electron chi connectivity index (χ4n) is 3.51. The van der Waals surface area contributed by atoms with Gasteiger partial charge in [-0.15, -0.1) is 0 Å². The molecule has 2 saturated heterocycles. The van der Waals surface area contributed by atoms with Gasteiger partial charge in [-0.25, -0.2) is 9.97 Å². The van der Waals surface area contributed by atoms with Gasteiger partial charge in [0.25, 0.3) is 0 Å². The summed E-state index contributed by atoms with van der Waals surface area (Å²) in [4.78, 5) is 13.3. The van der Waals surface area contributed by atoms with Crippen molar-refractivity contribution in [2.45, 2.75) is 5.54 Å². The van der Waals surface area contributed by atoms with E-state index < -0.39 is 0 Å². The van der Waals surface area contributed by atoms with E-state index in [9.17, 15) is 0 Å². The van der Waals surface area contributed by atoms with Crippen LogP contribution in [0.2, 0.25) is 0 Å². The maximum atomic E-state index is 5.85. The first-order valence-corrected chi connectivity index (χ1v) is 9.02. The summed E-state index contributed by atoms with van der Waals surface area (Å²) < 4.78 is 11.6. The quantitative estimate of drug-likeness (QED) is 0.894. The number of ether oxygens (including phenoxy) is 2. The van der Waals surface area contributed by atoms with E-state index in [2.05, 4.69) is 37.2 Å². The van der Waals surface area contributed by atoms with E-state index in [0.717, 1.165) is 43.6 Å². The monoisotopic (exact) mass is 355 g/mol. The number of rotatable bonds is 3. The molecule has 0 aliphatic carbocycles. The van der Waals surface area contributed by atoms with Crippen molar-refractivity contribution < 1.29 is 9.47 Å². The summed E-state index contributed by atoms with van der Waals surface area (Å²) in [5, 5.41) is 3.59. The highest BCUT2D eigenvalue weighted by Crippen LogP contribution is 2.25. The van der Waals surface area contributed by atoms with Gasteiger partial charge in [0.05, 0.1) is 32.0 Å². The van der Waals surface area contributed by atoms with Crippen LogP contribution in [0.3, 0.4) is 0 Å². The van der Waals surface area contributed by atoms with Gasteiger partial charge in [-0.1, -0.05) is 18.2 Å². The normalized spacial score (nSPS) is 23.7. The van der Waals surface area contributed by atoms with Gasteiger partial charge in [0, 0.05) is 38.4 Å². The van der Waals surface area contributed by atoms with Crippen molar-refractivity contribution in [3.05, 3.63) is 42.7 Å². The molecule has 3 heterocycles. The molecular formula is C19H25N5O2. The number of anilines is 3. The summed E-state index contributed by atoms with van der Waals surface area (Å²) in [6.07, 6.45) is 1.63. The number of morpholine rings is 1. The molecule has 4 rings (SSSR count). The zero-order valence-corrected chi connectivity index (χ0v) is 15.1. The molecule has 7 nitrogen and oxygen atoms in total. The average Bonchev–Trinajstić information content (AvgIpc) is 2.91. The van der Waals surface area contributed by atoms with Crippen molar-refractivity contribution in [1.29, 1.82) is 0 Å². The number of para-hydroxylation sites is 1. The van der Waals surface area contributed by atoms with E-state index in [-0.39, 0.29) is 5.54 Å². The second-order valence-corrected chi connectivity index (χ2v) is 6.86. The first kappa shape index (κ1) is 17.2. The molecule has 1 aromatic carbocycles. The largest absolute Gasteiger partial charge is 0.378 e. The van der Waals surface area contributed by atoms with Gasteiger partial charge in [0.2, 0.25) is 0 Å². The van der Waals surface area contributed by atoms with Gasteiger partial charge in [-0.2, -0.15) is 0 Å². The Morgan fingerprint density at radius 3 is 2.73 bits per heavy atom. The molecule has 1 N–H and O–H groups in total. The SMILES string of the molecule is CN(c1ccccc1)c1cc(N2CCOCC3(COCCN3)C2)ncn1. The predicted molar refractivity (Wildman–Crippen MR) is 101 cm³/mol. The minimum absolute atomic E-state index is 0.175. The molecule has 1 unspecified atom stereocenters. The van der Waals surface area contributed by atoms with Crippen LogP contribution < -0.4 is 15.1 Å². The lowest BCUT2D eigenvalue weighted by molar-refractivity contribution is -0.00962. The summed E-state index contributed by atoms with van der Waals surface area (Å²) in [6, 6.07) is 12.2. The molecule has 7 heteroatoms. The first-order valence-electron chi connectivity index (χ1n) is 9.02. The van der Waals surface area contributed by atoms with Crippen LogP contribution >= 0.6 is 0 Å². The third kappa shape index (κ3) is 3.65. The number of hydrogen-bond donors (Lipinski definition) is 1. The van der Waals surface area contributed by atoms with Gasteiger partial charge in [0.15, 0.2) is 0 Å². The Morgan fingerprint density at radius 1 is 1.12 bits per heavy atom. The molecule has 0 radical (unpaired) electrons. The van der Waals surface area contributed by atoms with Crippen molar-refractivity contribution >= 4 is 17.3 Å². The van der Waals surface area contributed by atoms with Gasteiger partial charge >= 0.3 is 0 Å². The van der Waals surface area contributed by atoms with E-state index in [1.165, 1.54) is 0 Å². The Morgan fingerprint density at radius 2 is 1.92 bits per heavy atom. The number of nitrogens with one attached hydrogen (secondary N) is 1. The maximum Gasteiger partial charge on any atom is 0.138 e. The molecule has 0 saturated carbocycles. The zero-order valence-electron chi connectivity index (χ0n) is 15.1. The molecule has 1 spiro atoms. The summed E-state index contributed by atoms with van der Waals surface area (Å²) in [7, 11) is 2.02. The Balaban J connectivity index is 1.57. The molecule has 0 bridgehead atoms. The van der Waals surface area contributed by atoms with Crippen molar-refractivity contribution in [2.75, 3.05) is 62.9 Å². The third-order valence-corrected chi connectivity index (χ3v) is 4.95. The zero-order chi connectivity index (χ0) is 17.8. The van der Waals surface area contributed by atoms with Crippen LogP contribution in [0.15, 0.2) is 42.7 Å². The standard InChI is InChI=1S/C19H25N5O2/c1-23(16-5-3-2-4-6-16)17-11-18(21-15-20-17)24-8-10-26-14-19(12-24)13-25-9-7-22-19/h2-6,11,15,22H,7-10,12-14H2,1H3. The van der Waals surface area contributed by atoms with Crippen LogP contribution in [-0.2, 0) is 9.47 Å². The Kier molecular flexibility index (Phi) is 5.01. The molecular weight excluding hydrogens is 330 g/mol. The van der Waals surface area contributed by atoms with Crippen LogP contribution in [0.25, 0.3) is 0 Å². The number of hydrogen-bond acceptors (Lipinski definition) is 7. The summed E-state index contributed by atoms with van der Waals surface area (Å²) in [5.41, 5.74) is 0.917. The molecule has 2 aromatic rings. The number of benzene rings is 1. The number of aromatic nitrogens is 2. The van der Waals surface area contributed by atoms with Gasteiger partial charge in [-0.3, -0.25) is 0 Å². The first-order chi connectivity index (χ1) is 12.8. The van der Waals surface area contributed by atoms with Crippen molar-refractivity contribution in [1.82, 2.24) is 15.3 Å². The Hall–Kier alpha value is -2.22. The minimum Gasteiger partial charge on any atom is -0.378 e. The second kappa shape index (κ2) is 7.57. The lowest BCUT2D eigenvalue weighted by atomic mass is 10.00. The fourth-order valence-corrected chi connectivity index (χ4v) is 3.51. The molecule has 138 valence electrons. The molecule has 0 amide bonds. The van der Waals surface area contributed by atoms with E-state index in [1.54, 1.807) is 6.33 Å². The average molecular weight is 355 g/mol. The third-order valence-electron chi connectivity index (χ3n) is 4.95. The van der Waals surface area contributed by atoms with E-state index in [0.29, 0.717) is 19.8 Å². The number of nitrogens with zero attached hydrogens (tertiary/aromatic N) is 4. The summed E-state index contributed by atoms with van der Waals surface area (Å²) in [6.45, 7) is 5.20. The molecule has 26 heavy (non-hydrogen) atoms. The highest BCUT2D eigenvalue weighted by Gasteiger charge is 2.37. The summed E-state index contributed by atoms with van der Waals surface area (Å²) >= 11 is 0. The highest BCUT2D eigenvalue weighted by molar-refractivity contribution is 5.61. The highest BCUT2D eigenvalue weighted by atomic mass is 16.5. The fraction of sp³-hybridized carbons (Fsp3) is 0.474. The van der Waals surface area contributed by atoms with Gasteiger partial charge in [0.1, 0.15) is 18.0 Å². The van der Waals surface area contributed by atoms with Crippen molar-refractivity contribution in [3.63, 3.8) is 0 Å². The lowest BCUT2D eigenvalue weighted by Crippen LogP contribution is -2.62. The van der Waals surface area contributed by atoms with E-state index in [1.807, 2.05) is 31.3 Å². The van der Waals surface area contributed by atoms with E-state index in [4.69, 9.17) is 9.47 Å². The molecule has 1 aromatic heterocycles. The van der Waals surface area contributed by atoms with Gasteiger partial charge in [-0.05, 0) is 12.1 Å². The van der Waals surface area contributed by atoms with Crippen LogP contribution in [-0.4, -0.2) is 68.6 Å². The lowest BCUT2D eigenvalue weighted by Gasteiger charge is -2.39. The Bertz CT molecular complexity index is 721. The Labute approximate surface area is 153 Å². The minimum atomic E-state index is -0.175. The van der Waals surface area contributed by atoms with Crippen LogP contribution in [0.4, 0.5) is 17.3 Å². The van der Waals surface area contributed by atoms with Crippen molar-refractivity contribution in [3.8, 4) is 0 Å². The molecule has 1 atom stereocenters. The molecule has 2 fully saturated rings. The van der Waals surface area contributed by atoms with Crippen molar-refractivity contribution in [2.24, 2.45) is 0 Å². The molecule has 2 aliphatic heterocycles. The summed E-state index contributed by atoms with van der Waals surface area (Å²) in [5.74, 6) is 1.78. The second-order valence-electron chi connectivity index (χ2n) is 6.86. The molecule has 2 aliphatic rings.